The van der Waals surface area contributed by atoms with Crippen LogP contribution in [0, 0.1) is 0 Å². The Balaban J connectivity index is 3.15. The zero-order chi connectivity index (χ0) is 10.8. The first-order valence-electron chi connectivity index (χ1n) is 4.04. The lowest BCUT2D eigenvalue weighted by Crippen LogP contribution is -2.07. The van der Waals surface area contributed by atoms with Crippen molar-refractivity contribution in [1.82, 2.24) is 0 Å². The SMILES string of the molecule is CCSc1cc(N)ccc1C(F)(F)F. The van der Waals surface area contributed by atoms with E-state index in [1.807, 2.05) is 0 Å². The van der Waals surface area contributed by atoms with Crippen molar-refractivity contribution in [2.75, 3.05) is 11.5 Å². The Labute approximate surface area is 84.5 Å². The fourth-order valence-electron chi connectivity index (χ4n) is 1.05. The summed E-state index contributed by atoms with van der Waals surface area (Å²) in [6.45, 7) is 1.80. The van der Waals surface area contributed by atoms with Gasteiger partial charge in [-0.1, -0.05) is 6.92 Å². The van der Waals surface area contributed by atoms with Crippen LogP contribution in [-0.4, -0.2) is 5.75 Å². The molecule has 0 aliphatic heterocycles. The molecule has 14 heavy (non-hydrogen) atoms. The minimum Gasteiger partial charge on any atom is -0.399 e. The zero-order valence-corrected chi connectivity index (χ0v) is 8.38. The van der Waals surface area contributed by atoms with Crippen molar-refractivity contribution < 1.29 is 13.2 Å². The molecule has 2 N–H and O–H groups in total. The molecule has 0 aliphatic rings. The molecule has 0 fully saturated rings. The van der Waals surface area contributed by atoms with Crippen LogP contribution in [0.25, 0.3) is 0 Å². The van der Waals surface area contributed by atoms with Gasteiger partial charge in [0, 0.05) is 10.6 Å². The molecular formula is C9H10F3NS. The summed E-state index contributed by atoms with van der Waals surface area (Å²) in [4.78, 5) is 0.194. The maximum atomic E-state index is 12.4. The molecular weight excluding hydrogens is 211 g/mol. The van der Waals surface area contributed by atoms with E-state index in [9.17, 15) is 13.2 Å². The number of thioether (sulfide) groups is 1. The summed E-state index contributed by atoms with van der Waals surface area (Å²) >= 11 is 1.14. The van der Waals surface area contributed by atoms with Crippen LogP contribution < -0.4 is 5.73 Å². The van der Waals surface area contributed by atoms with Gasteiger partial charge in [-0.05, 0) is 24.0 Å². The monoisotopic (exact) mass is 221 g/mol. The largest absolute Gasteiger partial charge is 0.417 e. The topological polar surface area (TPSA) is 26.0 Å². The van der Waals surface area contributed by atoms with Crippen molar-refractivity contribution in [2.45, 2.75) is 18.0 Å². The molecule has 0 radical (unpaired) electrons. The third-order valence-electron chi connectivity index (χ3n) is 1.61. The Morgan fingerprint density at radius 3 is 2.50 bits per heavy atom. The molecule has 0 aliphatic carbocycles. The van der Waals surface area contributed by atoms with Crippen LogP contribution in [0.1, 0.15) is 12.5 Å². The molecule has 0 saturated heterocycles. The predicted octanol–water partition coefficient (Wildman–Crippen LogP) is 3.40. The molecule has 0 bridgehead atoms. The normalized spacial score (nSPS) is 11.7. The number of halogens is 3. The molecule has 0 unspecified atom stereocenters. The molecule has 0 atom stereocenters. The van der Waals surface area contributed by atoms with Crippen LogP contribution in [0.15, 0.2) is 23.1 Å². The van der Waals surface area contributed by atoms with Gasteiger partial charge >= 0.3 is 6.18 Å². The first-order chi connectivity index (χ1) is 6.45. The van der Waals surface area contributed by atoms with Crippen molar-refractivity contribution in [3.63, 3.8) is 0 Å². The van der Waals surface area contributed by atoms with Crippen molar-refractivity contribution in [2.24, 2.45) is 0 Å². The summed E-state index contributed by atoms with van der Waals surface area (Å²) in [5.41, 5.74) is 5.16. The molecule has 0 spiro atoms. The Hall–Kier alpha value is -0.840. The van der Waals surface area contributed by atoms with Gasteiger partial charge in [-0.3, -0.25) is 0 Å². The first kappa shape index (κ1) is 11.2. The fraction of sp³-hybridized carbons (Fsp3) is 0.333. The van der Waals surface area contributed by atoms with Crippen molar-refractivity contribution in [3.8, 4) is 0 Å². The van der Waals surface area contributed by atoms with Crippen LogP contribution in [0.5, 0.6) is 0 Å². The molecule has 0 heterocycles. The lowest BCUT2D eigenvalue weighted by Gasteiger charge is -2.12. The van der Waals surface area contributed by atoms with E-state index >= 15 is 0 Å². The average molecular weight is 221 g/mol. The number of hydrogen-bond donors (Lipinski definition) is 1. The van der Waals surface area contributed by atoms with Crippen molar-refractivity contribution >= 4 is 17.4 Å². The van der Waals surface area contributed by atoms with E-state index in [0.29, 0.717) is 11.4 Å². The number of hydrogen-bond acceptors (Lipinski definition) is 2. The van der Waals surface area contributed by atoms with Gasteiger partial charge in [0.1, 0.15) is 0 Å². The van der Waals surface area contributed by atoms with Crippen molar-refractivity contribution in [1.29, 1.82) is 0 Å². The van der Waals surface area contributed by atoms with E-state index in [1.165, 1.54) is 12.1 Å². The van der Waals surface area contributed by atoms with Gasteiger partial charge in [0.2, 0.25) is 0 Å². The highest BCUT2D eigenvalue weighted by molar-refractivity contribution is 7.99. The van der Waals surface area contributed by atoms with Gasteiger partial charge in [-0.15, -0.1) is 11.8 Å². The number of alkyl halides is 3. The highest BCUT2D eigenvalue weighted by atomic mass is 32.2. The third-order valence-corrected chi connectivity index (χ3v) is 2.55. The zero-order valence-electron chi connectivity index (χ0n) is 7.56. The van der Waals surface area contributed by atoms with E-state index in [1.54, 1.807) is 6.92 Å². The Kier molecular flexibility index (Phi) is 3.31. The highest BCUT2D eigenvalue weighted by Crippen LogP contribution is 2.37. The Morgan fingerprint density at radius 2 is 2.00 bits per heavy atom. The van der Waals surface area contributed by atoms with E-state index in [0.717, 1.165) is 17.8 Å². The van der Waals surface area contributed by atoms with Crippen LogP contribution in [-0.2, 0) is 6.18 Å². The lowest BCUT2D eigenvalue weighted by molar-refractivity contribution is -0.139. The average Bonchev–Trinajstić information content (AvgIpc) is 2.02. The molecule has 78 valence electrons. The number of nitrogen functional groups attached to an aromatic ring is 1. The summed E-state index contributed by atoms with van der Waals surface area (Å²) in [7, 11) is 0. The van der Waals surface area contributed by atoms with Gasteiger partial charge in [-0.25, -0.2) is 0 Å². The summed E-state index contributed by atoms with van der Waals surface area (Å²) in [5, 5.41) is 0. The number of nitrogens with two attached hydrogens (primary N) is 1. The molecule has 1 rings (SSSR count). The van der Waals surface area contributed by atoms with E-state index in [-0.39, 0.29) is 4.90 Å². The maximum absolute atomic E-state index is 12.4. The van der Waals surface area contributed by atoms with E-state index < -0.39 is 11.7 Å². The van der Waals surface area contributed by atoms with Crippen LogP contribution in [0.2, 0.25) is 0 Å². The second-order valence-corrected chi connectivity index (χ2v) is 3.99. The minimum atomic E-state index is -4.30. The third kappa shape index (κ3) is 2.57. The maximum Gasteiger partial charge on any atom is 0.417 e. The highest BCUT2D eigenvalue weighted by Gasteiger charge is 2.33. The van der Waals surface area contributed by atoms with Crippen LogP contribution in [0.4, 0.5) is 18.9 Å². The summed E-state index contributed by atoms with van der Waals surface area (Å²) < 4.78 is 37.3. The Morgan fingerprint density at radius 1 is 1.36 bits per heavy atom. The molecule has 5 heteroatoms. The van der Waals surface area contributed by atoms with Crippen molar-refractivity contribution in [3.05, 3.63) is 23.8 Å². The summed E-state index contributed by atoms with van der Waals surface area (Å²) in [5.74, 6) is 0.590. The first-order valence-corrected chi connectivity index (χ1v) is 5.03. The van der Waals surface area contributed by atoms with Gasteiger partial charge in [0.05, 0.1) is 5.56 Å². The van der Waals surface area contributed by atoms with Gasteiger partial charge in [0.15, 0.2) is 0 Å². The van der Waals surface area contributed by atoms with Gasteiger partial charge in [-0.2, -0.15) is 13.2 Å². The quantitative estimate of drug-likeness (QED) is 0.611. The number of benzene rings is 1. The van der Waals surface area contributed by atoms with Crippen LogP contribution >= 0.6 is 11.8 Å². The van der Waals surface area contributed by atoms with Gasteiger partial charge in [0.25, 0.3) is 0 Å². The molecule has 1 nitrogen and oxygen atoms in total. The molecule has 1 aromatic carbocycles. The molecule has 0 aromatic heterocycles. The Bertz CT molecular complexity index is 322. The second-order valence-electron chi connectivity index (χ2n) is 2.69. The summed E-state index contributed by atoms with van der Waals surface area (Å²) in [6.07, 6.45) is -4.30. The molecule has 0 amide bonds. The second kappa shape index (κ2) is 4.13. The predicted molar refractivity (Wildman–Crippen MR) is 52.3 cm³/mol. The minimum absolute atomic E-state index is 0.194. The number of anilines is 1. The number of rotatable bonds is 2. The van der Waals surface area contributed by atoms with Gasteiger partial charge < -0.3 is 5.73 Å². The van der Waals surface area contributed by atoms with E-state index in [4.69, 9.17) is 5.73 Å². The summed E-state index contributed by atoms with van der Waals surface area (Å²) in [6, 6.07) is 3.65. The van der Waals surface area contributed by atoms with E-state index in [2.05, 4.69) is 0 Å². The lowest BCUT2D eigenvalue weighted by atomic mass is 10.2. The standard InChI is InChI=1S/C9H10F3NS/c1-2-14-8-5-6(13)3-4-7(8)9(10,11)12/h3-5H,2,13H2,1H3. The van der Waals surface area contributed by atoms with Crippen LogP contribution in [0.3, 0.4) is 0 Å². The smallest absolute Gasteiger partial charge is 0.399 e. The molecule has 1 aromatic rings. The fourth-order valence-corrected chi connectivity index (χ4v) is 1.92. The molecule has 0 saturated carbocycles.